The minimum atomic E-state index is -4.49. The Morgan fingerprint density at radius 3 is 1.61 bits per heavy atom. The lowest BCUT2D eigenvalue weighted by atomic mass is 10.0. The van der Waals surface area contributed by atoms with Crippen LogP contribution in [-0.2, 0) is 27.9 Å². The largest absolute Gasteiger partial charge is 0.756 e. The summed E-state index contributed by atoms with van der Waals surface area (Å²) in [5.74, 6) is -0.337. The molecule has 41 heavy (non-hydrogen) atoms. The summed E-state index contributed by atoms with van der Waals surface area (Å²) in [5, 5.41) is 0. The number of rotatable bonds is 31. The lowest BCUT2D eigenvalue weighted by Gasteiger charge is -2.28. The number of esters is 1. The van der Waals surface area contributed by atoms with E-state index < -0.39 is 13.9 Å². The first kappa shape index (κ1) is 40.5. The maximum absolute atomic E-state index is 12.5. The molecule has 2 unspecified atom stereocenters. The normalized spacial score (nSPS) is 14.2. The Bertz CT molecular complexity index is 642. The van der Waals surface area contributed by atoms with Gasteiger partial charge < -0.3 is 27.9 Å². The number of phosphoric ester groups is 1. The molecule has 0 aromatic rings. The van der Waals surface area contributed by atoms with Gasteiger partial charge in [0.25, 0.3) is 7.82 Å². The fraction of sp³-hybridized carbons (Fsp3) is 0.969. The van der Waals surface area contributed by atoms with Gasteiger partial charge in [0.1, 0.15) is 19.3 Å². The lowest BCUT2D eigenvalue weighted by Crippen LogP contribution is -2.37. The van der Waals surface area contributed by atoms with Crippen molar-refractivity contribution in [3.8, 4) is 0 Å². The summed E-state index contributed by atoms with van der Waals surface area (Å²) in [6, 6.07) is 0. The van der Waals surface area contributed by atoms with Crippen molar-refractivity contribution in [1.82, 2.24) is 0 Å². The van der Waals surface area contributed by atoms with Crippen LogP contribution in [0, 0.1) is 0 Å². The third kappa shape index (κ3) is 30.8. The van der Waals surface area contributed by atoms with Crippen LogP contribution in [0.5, 0.6) is 0 Å². The highest BCUT2D eigenvalue weighted by Crippen LogP contribution is 2.38. The van der Waals surface area contributed by atoms with E-state index in [0.29, 0.717) is 24.1 Å². The fourth-order valence-electron chi connectivity index (χ4n) is 4.49. The minimum absolute atomic E-state index is 0.0301. The molecule has 246 valence electrons. The quantitative estimate of drug-likeness (QED) is 0.0341. The molecule has 0 aliphatic rings. The monoisotopic (exact) mass is 607 g/mol. The molecule has 0 saturated heterocycles. The van der Waals surface area contributed by atoms with Crippen LogP contribution in [-0.4, -0.2) is 70.7 Å². The van der Waals surface area contributed by atoms with Crippen molar-refractivity contribution in [3.63, 3.8) is 0 Å². The van der Waals surface area contributed by atoms with Gasteiger partial charge in [-0.05, 0) is 12.8 Å². The average Bonchev–Trinajstić information content (AvgIpc) is 2.90. The Hall–Kier alpha value is -0.500. The van der Waals surface area contributed by atoms with Crippen LogP contribution in [0.4, 0.5) is 0 Å². The van der Waals surface area contributed by atoms with E-state index >= 15 is 0 Å². The third-order valence-corrected chi connectivity index (χ3v) is 8.12. The number of carbonyl (C=O) groups is 1. The maximum atomic E-state index is 12.5. The van der Waals surface area contributed by atoms with E-state index in [9.17, 15) is 14.3 Å². The van der Waals surface area contributed by atoms with E-state index in [2.05, 4.69) is 13.8 Å². The molecule has 0 bridgehead atoms. The van der Waals surface area contributed by atoms with Gasteiger partial charge in [0.05, 0.1) is 34.4 Å². The van der Waals surface area contributed by atoms with Crippen molar-refractivity contribution in [2.75, 3.05) is 54.1 Å². The molecule has 0 aromatic carbocycles. The maximum Gasteiger partial charge on any atom is 0.306 e. The zero-order valence-corrected chi connectivity index (χ0v) is 28.4. The Balaban J connectivity index is 4.26. The van der Waals surface area contributed by atoms with Crippen LogP contribution in [0.15, 0.2) is 0 Å². The van der Waals surface area contributed by atoms with E-state index in [4.69, 9.17) is 18.5 Å². The molecule has 0 saturated carbocycles. The summed E-state index contributed by atoms with van der Waals surface area (Å²) in [6.07, 6.45) is 22.6. The van der Waals surface area contributed by atoms with Gasteiger partial charge >= 0.3 is 5.97 Å². The van der Waals surface area contributed by atoms with Crippen molar-refractivity contribution >= 4 is 13.8 Å². The van der Waals surface area contributed by atoms with Crippen molar-refractivity contribution < 1.29 is 37.3 Å². The van der Waals surface area contributed by atoms with Gasteiger partial charge in [-0.2, -0.15) is 0 Å². The number of quaternary nitrogens is 1. The van der Waals surface area contributed by atoms with Crippen LogP contribution in [0.2, 0.25) is 0 Å². The van der Waals surface area contributed by atoms with Crippen LogP contribution >= 0.6 is 7.82 Å². The van der Waals surface area contributed by atoms with Gasteiger partial charge in [0.2, 0.25) is 0 Å². The van der Waals surface area contributed by atoms with E-state index in [1.165, 1.54) is 89.9 Å². The van der Waals surface area contributed by atoms with E-state index in [-0.39, 0.29) is 25.8 Å². The summed E-state index contributed by atoms with van der Waals surface area (Å²) in [5.41, 5.74) is 0. The first-order chi connectivity index (χ1) is 19.6. The van der Waals surface area contributed by atoms with E-state index in [0.717, 1.165) is 32.1 Å². The first-order valence-electron chi connectivity index (χ1n) is 16.8. The van der Waals surface area contributed by atoms with Crippen LogP contribution in [0.3, 0.4) is 0 Å². The number of phosphoric acid groups is 1. The first-order valence-corrected chi connectivity index (χ1v) is 18.2. The standard InChI is InChI=1S/C32H66NO7P/c1-6-8-10-12-14-15-16-17-18-19-20-21-23-25-32(34)40-31(29-37-27-24-22-13-11-9-7-2)30-39-41(35,36)38-28-26-33(3,4)5/h31H,6-30H2,1-5H3. The number of carbonyl (C=O) groups excluding carboxylic acids is 1. The Kier molecular flexibility index (Phi) is 26.7. The van der Waals surface area contributed by atoms with Gasteiger partial charge in [-0.15, -0.1) is 0 Å². The predicted octanol–water partition coefficient (Wildman–Crippen LogP) is 7.96. The number of unbranched alkanes of at least 4 members (excludes halogenated alkanes) is 17. The van der Waals surface area contributed by atoms with Crippen LogP contribution < -0.4 is 4.89 Å². The molecule has 0 aliphatic heterocycles. The molecule has 0 rings (SSSR count). The van der Waals surface area contributed by atoms with Gasteiger partial charge in [-0.3, -0.25) is 9.36 Å². The van der Waals surface area contributed by atoms with Gasteiger partial charge in [-0.25, -0.2) is 0 Å². The average molecular weight is 608 g/mol. The highest BCUT2D eigenvalue weighted by Gasteiger charge is 2.20. The van der Waals surface area contributed by atoms with Crippen LogP contribution in [0.25, 0.3) is 0 Å². The van der Waals surface area contributed by atoms with E-state index in [1.54, 1.807) is 0 Å². The molecule has 0 aromatic heterocycles. The highest BCUT2D eigenvalue weighted by atomic mass is 31.2. The summed E-state index contributed by atoms with van der Waals surface area (Å²) in [6.45, 7) is 5.36. The topological polar surface area (TPSA) is 94.1 Å². The molecule has 0 amide bonds. The molecule has 2 atom stereocenters. The molecule has 0 N–H and O–H groups in total. The summed E-state index contributed by atoms with van der Waals surface area (Å²) in [7, 11) is 1.36. The van der Waals surface area contributed by atoms with Gasteiger partial charge in [-0.1, -0.05) is 123 Å². The molecule has 0 heterocycles. The third-order valence-electron chi connectivity index (χ3n) is 7.16. The Morgan fingerprint density at radius 1 is 0.659 bits per heavy atom. The minimum Gasteiger partial charge on any atom is -0.756 e. The second-order valence-corrected chi connectivity index (χ2v) is 13.9. The SMILES string of the molecule is CCCCCCCCCCCCCCCC(=O)OC(COCCCCCCCC)COP(=O)([O-])OCC[N+](C)(C)C. The smallest absolute Gasteiger partial charge is 0.306 e. The number of ether oxygens (including phenoxy) is 2. The molecule has 0 radical (unpaired) electrons. The summed E-state index contributed by atoms with van der Waals surface area (Å²) in [4.78, 5) is 24.7. The lowest BCUT2D eigenvalue weighted by molar-refractivity contribution is -0.870. The van der Waals surface area contributed by atoms with Crippen molar-refractivity contribution in [2.24, 2.45) is 0 Å². The molecule has 0 fully saturated rings. The molecule has 0 spiro atoms. The highest BCUT2D eigenvalue weighted by molar-refractivity contribution is 7.45. The van der Waals surface area contributed by atoms with Crippen molar-refractivity contribution in [2.45, 2.75) is 148 Å². The molecule has 0 aliphatic carbocycles. The molecular formula is C32H66NO7P. The zero-order valence-electron chi connectivity index (χ0n) is 27.5. The number of nitrogens with zero attached hydrogens (tertiary/aromatic N) is 1. The Morgan fingerprint density at radius 2 is 1.12 bits per heavy atom. The molecule has 9 heteroatoms. The number of hydrogen-bond acceptors (Lipinski definition) is 7. The summed E-state index contributed by atoms with van der Waals surface area (Å²) < 4.78 is 34.1. The van der Waals surface area contributed by atoms with Gasteiger partial charge in [0, 0.05) is 13.0 Å². The van der Waals surface area contributed by atoms with E-state index in [1.807, 2.05) is 21.1 Å². The molecule has 8 nitrogen and oxygen atoms in total. The number of likely N-dealkylation sites (N-methyl/N-ethyl adjacent to an activating group) is 1. The van der Waals surface area contributed by atoms with Crippen molar-refractivity contribution in [1.29, 1.82) is 0 Å². The number of hydrogen-bond donors (Lipinski definition) is 0. The van der Waals surface area contributed by atoms with Crippen molar-refractivity contribution in [3.05, 3.63) is 0 Å². The van der Waals surface area contributed by atoms with Crippen LogP contribution in [0.1, 0.15) is 142 Å². The van der Waals surface area contributed by atoms with Gasteiger partial charge in [0.15, 0.2) is 0 Å². The zero-order chi connectivity index (χ0) is 30.7. The Labute approximate surface area is 253 Å². The summed E-state index contributed by atoms with van der Waals surface area (Å²) >= 11 is 0. The second-order valence-electron chi connectivity index (χ2n) is 12.5. The fourth-order valence-corrected chi connectivity index (χ4v) is 5.21. The predicted molar refractivity (Wildman–Crippen MR) is 167 cm³/mol. The molecular weight excluding hydrogens is 541 g/mol. The second kappa shape index (κ2) is 27.1.